The van der Waals surface area contributed by atoms with E-state index in [1.807, 2.05) is 0 Å². The van der Waals surface area contributed by atoms with E-state index in [-0.39, 0.29) is 5.92 Å². The van der Waals surface area contributed by atoms with Crippen LogP contribution in [0.4, 0.5) is 0 Å². The minimum Gasteiger partial charge on any atom is -0.480 e. The molecule has 3 N–H and O–H groups in total. The second-order valence-electron chi connectivity index (χ2n) is 3.27. The molecule has 0 spiro atoms. The first-order valence-corrected chi connectivity index (χ1v) is 4.35. The summed E-state index contributed by atoms with van der Waals surface area (Å²) in [6, 6.07) is -0.987. The Balaban J connectivity index is 4.68. The fourth-order valence-corrected chi connectivity index (χ4v) is 1.09. The van der Waals surface area contributed by atoms with Crippen molar-refractivity contribution in [3.8, 4) is 0 Å². The Hall–Kier alpha value is -1.36. The van der Waals surface area contributed by atoms with E-state index in [4.69, 9.17) is 10.9 Å². The van der Waals surface area contributed by atoms with Crippen LogP contribution in [0.15, 0.2) is 12.2 Å². The van der Waals surface area contributed by atoms with Crippen LogP contribution in [0.5, 0.6) is 0 Å². The lowest BCUT2D eigenvalue weighted by atomic mass is 10.0. The number of hydrogen-bond acceptors (Lipinski definition) is 3. The molecule has 0 rings (SSSR count). The molecular weight excluding hydrogens is 184 g/mol. The van der Waals surface area contributed by atoms with E-state index in [2.05, 4.69) is 0 Å². The van der Waals surface area contributed by atoms with E-state index in [0.717, 1.165) is 5.01 Å². The van der Waals surface area contributed by atoms with Crippen LogP contribution in [0.3, 0.4) is 0 Å². The Kier molecular flexibility index (Phi) is 4.86. The maximum Gasteiger partial charge on any atom is 0.328 e. The van der Waals surface area contributed by atoms with Gasteiger partial charge in [-0.25, -0.2) is 10.6 Å². The number of amides is 1. The van der Waals surface area contributed by atoms with Crippen molar-refractivity contribution in [3.05, 3.63) is 12.2 Å². The van der Waals surface area contributed by atoms with Crippen LogP contribution < -0.4 is 5.84 Å². The molecule has 0 aromatic rings. The van der Waals surface area contributed by atoms with Crippen LogP contribution in [0, 0.1) is 5.92 Å². The zero-order valence-corrected chi connectivity index (χ0v) is 8.60. The zero-order chi connectivity index (χ0) is 11.3. The minimum absolute atomic E-state index is 0.230. The maximum atomic E-state index is 11.2. The van der Waals surface area contributed by atoms with Crippen molar-refractivity contribution in [2.45, 2.75) is 26.8 Å². The smallest absolute Gasteiger partial charge is 0.328 e. The molecule has 0 bridgehead atoms. The summed E-state index contributed by atoms with van der Waals surface area (Å²) < 4.78 is 0. The molecule has 0 saturated heterocycles. The minimum atomic E-state index is -1.10. The predicted octanol–water partition coefficient (Wildman–Crippen LogP) is 0.374. The van der Waals surface area contributed by atoms with Crippen molar-refractivity contribution < 1.29 is 14.7 Å². The summed E-state index contributed by atoms with van der Waals surface area (Å²) in [6.45, 7) is 5.06. The SMILES string of the molecule is C/C=C/C(=O)N(N)[C@H](C(=O)O)C(C)C. The summed E-state index contributed by atoms with van der Waals surface area (Å²) in [5.74, 6) is 3.57. The molecule has 0 radical (unpaired) electrons. The molecule has 14 heavy (non-hydrogen) atoms. The Morgan fingerprint density at radius 2 is 1.93 bits per heavy atom. The summed E-state index contributed by atoms with van der Waals surface area (Å²) in [5, 5.41) is 9.58. The number of nitrogens with two attached hydrogens (primary N) is 1. The first kappa shape index (κ1) is 12.6. The number of carbonyl (C=O) groups excluding carboxylic acids is 1. The molecule has 0 aliphatic heterocycles. The third-order valence-corrected chi connectivity index (χ3v) is 1.75. The fourth-order valence-electron chi connectivity index (χ4n) is 1.09. The highest BCUT2D eigenvalue weighted by atomic mass is 16.4. The molecular formula is C9H16N2O3. The molecule has 0 fully saturated rings. The highest BCUT2D eigenvalue weighted by Gasteiger charge is 2.29. The van der Waals surface area contributed by atoms with Crippen molar-refractivity contribution in [3.63, 3.8) is 0 Å². The van der Waals surface area contributed by atoms with E-state index >= 15 is 0 Å². The van der Waals surface area contributed by atoms with Gasteiger partial charge in [-0.3, -0.25) is 9.80 Å². The number of allylic oxidation sites excluding steroid dienone is 1. The van der Waals surface area contributed by atoms with E-state index < -0.39 is 17.9 Å². The second-order valence-corrected chi connectivity index (χ2v) is 3.27. The van der Waals surface area contributed by atoms with Crippen molar-refractivity contribution in [1.82, 2.24) is 5.01 Å². The molecule has 0 aromatic carbocycles. The van der Waals surface area contributed by atoms with E-state index in [1.165, 1.54) is 12.2 Å². The number of nitrogens with zero attached hydrogens (tertiary/aromatic N) is 1. The summed E-state index contributed by atoms with van der Waals surface area (Å²) in [5.41, 5.74) is 0. The van der Waals surface area contributed by atoms with Gasteiger partial charge in [0.2, 0.25) is 0 Å². The molecule has 0 aliphatic carbocycles. The Morgan fingerprint density at radius 1 is 1.43 bits per heavy atom. The van der Waals surface area contributed by atoms with Gasteiger partial charge in [0.1, 0.15) is 6.04 Å². The molecule has 1 amide bonds. The normalized spacial score (nSPS) is 13.2. The quantitative estimate of drug-likeness (QED) is 0.297. The van der Waals surface area contributed by atoms with Crippen LogP contribution in [0.1, 0.15) is 20.8 Å². The second kappa shape index (κ2) is 5.39. The van der Waals surface area contributed by atoms with Gasteiger partial charge in [-0.15, -0.1) is 0 Å². The standard InChI is InChI=1S/C9H16N2O3/c1-4-5-7(12)11(10)8(6(2)3)9(13)14/h4-6,8H,10H2,1-3H3,(H,13,14)/b5-4+/t8-/m0/s1. The van der Waals surface area contributed by atoms with Crippen LogP contribution in [-0.4, -0.2) is 28.0 Å². The largest absolute Gasteiger partial charge is 0.480 e. The van der Waals surface area contributed by atoms with Gasteiger partial charge in [0.05, 0.1) is 0 Å². The van der Waals surface area contributed by atoms with Crippen molar-refractivity contribution in [2.24, 2.45) is 11.8 Å². The molecule has 0 unspecified atom stereocenters. The lowest BCUT2D eigenvalue weighted by molar-refractivity contribution is -0.150. The highest BCUT2D eigenvalue weighted by Crippen LogP contribution is 2.08. The average Bonchev–Trinajstić information content (AvgIpc) is 2.03. The molecule has 1 atom stereocenters. The average molecular weight is 200 g/mol. The summed E-state index contributed by atoms with van der Waals surface area (Å²) in [7, 11) is 0. The monoisotopic (exact) mass is 200 g/mol. The Bertz CT molecular complexity index is 248. The van der Waals surface area contributed by atoms with Crippen LogP contribution in [0.2, 0.25) is 0 Å². The molecule has 0 aromatic heterocycles. The highest BCUT2D eigenvalue weighted by molar-refractivity contribution is 5.90. The van der Waals surface area contributed by atoms with E-state index in [1.54, 1.807) is 20.8 Å². The Labute approximate surface area is 83.2 Å². The molecule has 5 heteroatoms. The van der Waals surface area contributed by atoms with Gasteiger partial charge in [-0.1, -0.05) is 19.9 Å². The maximum absolute atomic E-state index is 11.2. The van der Waals surface area contributed by atoms with Gasteiger partial charge in [-0.05, 0) is 12.8 Å². The van der Waals surface area contributed by atoms with Gasteiger partial charge in [0.25, 0.3) is 5.91 Å². The van der Waals surface area contributed by atoms with E-state index in [0.29, 0.717) is 0 Å². The topological polar surface area (TPSA) is 83.6 Å². The van der Waals surface area contributed by atoms with E-state index in [9.17, 15) is 9.59 Å². The van der Waals surface area contributed by atoms with Gasteiger partial charge in [0, 0.05) is 6.08 Å². The number of carbonyl (C=O) groups is 2. The van der Waals surface area contributed by atoms with Crippen LogP contribution in [0.25, 0.3) is 0 Å². The summed E-state index contributed by atoms with van der Waals surface area (Å²) in [4.78, 5) is 22.0. The molecule has 0 heterocycles. The lowest BCUT2D eigenvalue weighted by Crippen LogP contribution is -2.51. The third kappa shape index (κ3) is 3.18. The lowest BCUT2D eigenvalue weighted by Gasteiger charge is -2.25. The zero-order valence-electron chi connectivity index (χ0n) is 8.60. The number of hydrazine groups is 1. The summed E-state index contributed by atoms with van der Waals surface area (Å²) >= 11 is 0. The van der Waals surface area contributed by atoms with Crippen LogP contribution in [-0.2, 0) is 9.59 Å². The van der Waals surface area contributed by atoms with Crippen molar-refractivity contribution in [1.29, 1.82) is 0 Å². The molecule has 80 valence electrons. The number of hydrogen-bond donors (Lipinski definition) is 2. The fraction of sp³-hybridized carbons (Fsp3) is 0.556. The van der Waals surface area contributed by atoms with Crippen LogP contribution >= 0.6 is 0 Å². The van der Waals surface area contributed by atoms with Crippen molar-refractivity contribution in [2.75, 3.05) is 0 Å². The molecule has 0 saturated carbocycles. The van der Waals surface area contributed by atoms with Gasteiger partial charge < -0.3 is 5.11 Å². The van der Waals surface area contributed by atoms with Gasteiger partial charge in [0.15, 0.2) is 0 Å². The molecule has 0 aliphatic rings. The first-order chi connectivity index (χ1) is 6.41. The number of aliphatic carboxylic acids is 1. The number of carboxylic acids is 1. The number of rotatable bonds is 4. The van der Waals surface area contributed by atoms with Crippen molar-refractivity contribution >= 4 is 11.9 Å². The molecule has 5 nitrogen and oxygen atoms in total. The first-order valence-electron chi connectivity index (χ1n) is 4.35. The third-order valence-electron chi connectivity index (χ3n) is 1.75. The summed E-state index contributed by atoms with van der Waals surface area (Å²) in [6.07, 6.45) is 2.75. The number of carboxylic acid groups (broad SMARTS) is 1. The predicted molar refractivity (Wildman–Crippen MR) is 52.1 cm³/mol. The van der Waals surface area contributed by atoms with Gasteiger partial charge in [-0.2, -0.15) is 0 Å². The Morgan fingerprint density at radius 3 is 2.21 bits per heavy atom. The van der Waals surface area contributed by atoms with Gasteiger partial charge >= 0.3 is 5.97 Å².